The summed E-state index contributed by atoms with van der Waals surface area (Å²) in [6.07, 6.45) is 4.71. The number of rotatable bonds is 2. The lowest BCUT2D eigenvalue weighted by atomic mass is 10.2. The van der Waals surface area contributed by atoms with Gasteiger partial charge in [-0.1, -0.05) is 0 Å². The summed E-state index contributed by atoms with van der Waals surface area (Å²) in [7, 11) is 0. The predicted molar refractivity (Wildman–Crippen MR) is 90.0 cm³/mol. The van der Waals surface area contributed by atoms with E-state index in [1.165, 1.54) is 16.7 Å². The van der Waals surface area contributed by atoms with Gasteiger partial charge in [-0.25, -0.2) is 19.3 Å². The molecule has 8 heteroatoms. The summed E-state index contributed by atoms with van der Waals surface area (Å²) in [6.45, 7) is 4.18. The van der Waals surface area contributed by atoms with Crippen LogP contribution in [0.5, 0.6) is 0 Å². The number of hydrogen-bond donors (Lipinski definition) is 0. The maximum atomic E-state index is 13.6. The monoisotopic (exact) mass is 340 g/mol. The molecule has 1 aliphatic rings. The van der Waals surface area contributed by atoms with E-state index in [-0.39, 0.29) is 5.91 Å². The molecular formula is C17H17FN6O. The number of imidazole rings is 1. The zero-order valence-corrected chi connectivity index (χ0v) is 13.8. The van der Waals surface area contributed by atoms with Crippen molar-refractivity contribution in [1.82, 2.24) is 24.3 Å². The molecule has 3 aromatic heterocycles. The topological polar surface area (TPSA) is 66.6 Å². The molecule has 0 unspecified atom stereocenters. The van der Waals surface area contributed by atoms with Gasteiger partial charge in [-0.15, -0.1) is 0 Å². The fraction of sp³-hybridized carbons (Fsp3) is 0.294. The van der Waals surface area contributed by atoms with E-state index in [0.717, 1.165) is 0 Å². The molecule has 7 nitrogen and oxygen atoms in total. The Hall–Kier alpha value is -3.03. The second-order valence-corrected chi connectivity index (χ2v) is 5.95. The molecule has 25 heavy (non-hydrogen) atoms. The standard InChI is InChI=1S/C17H17FN6O/c1-12-15(24-11-13(18)3-4-14(24)21-12)16(25)22-7-9-23(10-8-22)17-19-5-2-6-20-17/h2-6,11H,7-10H2,1H3. The molecule has 3 aromatic rings. The smallest absolute Gasteiger partial charge is 0.272 e. The molecule has 0 aliphatic carbocycles. The molecule has 0 bridgehead atoms. The van der Waals surface area contributed by atoms with Crippen LogP contribution in [-0.2, 0) is 0 Å². The second kappa shape index (κ2) is 6.12. The van der Waals surface area contributed by atoms with Crippen LogP contribution in [0.1, 0.15) is 16.2 Å². The van der Waals surface area contributed by atoms with E-state index in [2.05, 4.69) is 15.0 Å². The maximum Gasteiger partial charge on any atom is 0.272 e. The van der Waals surface area contributed by atoms with Gasteiger partial charge in [0, 0.05) is 44.8 Å². The lowest BCUT2D eigenvalue weighted by molar-refractivity contribution is 0.0738. The van der Waals surface area contributed by atoms with E-state index < -0.39 is 5.82 Å². The highest BCUT2D eigenvalue weighted by Gasteiger charge is 2.27. The first kappa shape index (κ1) is 15.5. The summed E-state index contributed by atoms with van der Waals surface area (Å²) in [6, 6.07) is 4.69. The number of hydrogen-bond acceptors (Lipinski definition) is 5. The third kappa shape index (κ3) is 2.79. The van der Waals surface area contributed by atoms with Gasteiger partial charge in [0.15, 0.2) is 0 Å². The quantitative estimate of drug-likeness (QED) is 0.708. The highest BCUT2D eigenvalue weighted by atomic mass is 19.1. The molecule has 0 N–H and O–H groups in total. The normalized spacial score (nSPS) is 15.0. The molecule has 1 saturated heterocycles. The van der Waals surface area contributed by atoms with Crippen molar-refractivity contribution >= 4 is 17.5 Å². The SMILES string of the molecule is Cc1nc2ccc(F)cn2c1C(=O)N1CCN(c2ncccn2)CC1. The van der Waals surface area contributed by atoms with Gasteiger partial charge < -0.3 is 9.80 Å². The average Bonchev–Trinajstić information content (AvgIpc) is 2.97. The van der Waals surface area contributed by atoms with E-state index in [1.807, 2.05) is 4.90 Å². The van der Waals surface area contributed by atoms with Gasteiger partial charge in [0.1, 0.15) is 17.2 Å². The van der Waals surface area contributed by atoms with Crippen molar-refractivity contribution in [2.45, 2.75) is 6.92 Å². The molecule has 1 fully saturated rings. The molecule has 0 aromatic carbocycles. The van der Waals surface area contributed by atoms with Crippen LogP contribution in [0.15, 0.2) is 36.8 Å². The van der Waals surface area contributed by atoms with Crippen LogP contribution in [-0.4, -0.2) is 56.3 Å². The maximum absolute atomic E-state index is 13.6. The summed E-state index contributed by atoms with van der Waals surface area (Å²) in [5.74, 6) is 0.136. The van der Waals surface area contributed by atoms with Crippen molar-refractivity contribution in [3.05, 3.63) is 54.0 Å². The average molecular weight is 340 g/mol. The third-order valence-electron chi connectivity index (χ3n) is 4.36. The number of halogens is 1. The number of piperazine rings is 1. The minimum Gasteiger partial charge on any atom is -0.337 e. The molecule has 4 heterocycles. The number of nitrogens with zero attached hydrogens (tertiary/aromatic N) is 6. The minimum absolute atomic E-state index is 0.135. The number of carbonyl (C=O) groups excluding carboxylic acids is 1. The molecule has 0 atom stereocenters. The zero-order valence-electron chi connectivity index (χ0n) is 13.8. The van der Waals surface area contributed by atoms with Crippen molar-refractivity contribution in [3.8, 4) is 0 Å². The first-order chi connectivity index (χ1) is 12.1. The van der Waals surface area contributed by atoms with Crippen molar-refractivity contribution < 1.29 is 9.18 Å². The molecule has 0 saturated carbocycles. The predicted octanol–water partition coefficient (Wildman–Crippen LogP) is 1.53. The van der Waals surface area contributed by atoms with Crippen molar-refractivity contribution in [2.75, 3.05) is 31.1 Å². The van der Waals surface area contributed by atoms with E-state index >= 15 is 0 Å². The van der Waals surface area contributed by atoms with Crippen LogP contribution in [0.25, 0.3) is 5.65 Å². The van der Waals surface area contributed by atoms with E-state index in [4.69, 9.17) is 0 Å². The van der Waals surface area contributed by atoms with Gasteiger partial charge in [-0.3, -0.25) is 9.20 Å². The Balaban J connectivity index is 1.55. The Bertz CT molecular complexity index is 918. The van der Waals surface area contributed by atoms with E-state index in [1.54, 1.807) is 36.4 Å². The van der Waals surface area contributed by atoms with Crippen molar-refractivity contribution in [2.24, 2.45) is 0 Å². The molecule has 0 spiro atoms. The Kier molecular flexibility index (Phi) is 3.79. The lowest BCUT2D eigenvalue weighted by Crippen LogP contribution is -2.49. The summed E-state index contributed by atoms with van der Waals surface area (Å²) >= 11 is 0. The second-order valence-electron chi connectivity index (χ2n) is 5.95. The molecule has 4 rings (SSSR count). The van der Waals surface area contributed by atoms with Crippen LogP contribution in [0.3, 0.4) is 0 Å². The van der Waals surface area contributed by atoms with Crippen LogP contribution >= 0.6 is 0 Å². The Morgan fingerprint density at radius 3 is 2.56 bits per heavy atom. The molecule has 1 amide bonds. The Labute approximate surface area is 143 Å². The minimum atomic E-state index is -0.398. The van der Waals surface area contributed by atoms with Crippen LogP contribution in [0, 0.1) is 12.7 Å². The first-order valence-corrected chi connectivity index (χ1v) is 8.09. The van der Waals surface area contributed by atoms with Gasteiger partial charge >= 0.3 is 0 Å². The van der Waals surface area contributed by atoms with Gasteiger partial charge in [0.05, 0.1) is 5.69 Å². The van der Waals surface area contributed by atoms with Crippen molar-refractivity contribution in [3.63, 3.8) is 0 Å². The molecule has 0 radical (unpaired) electrons. The number of aromatic nitrogens is 4. The number of fused-ring (bicyclic) bond motifs is 1. The number of carbonyl (C=O) groups is 1. The summed E-state index contributed by atoms with van der Waals surface area (Å²) in [5, 5.41) is 0. The fourth-order valence-electron chi connectivity index (χ4n) is 3.11. The van der Waals surface area contributed by atoms with Gasteiger partial charge in [0.2, 0.25) is 5.95 Å². The van der Waals surface area contributed by atoms with E-state index in [0.29, 0.717) is 49.2 Å². The van der Waals surface area contributed by atoms with Gasteiger partial charge in [0.25, 0.3) is 5.91 Å². The van der Waals surface area contributed by atoms with Crippen LogP contribution < -0.4 is 4.90 Å². The third-order valence-corrected chi connectivity index (χ3v) is 4.36. The highest BCUT2D eigenvalue weighted by molar-refractivity contribution is 5.94. The molecule has 128 valence electrons. The first-order valence-electron chi connectivity index (χ1n) is 8.09. The number of pyridine rings is 1. The fourth-order valence-corrected chi connectivity index (χ4v) is 3.11. The van der Waals surface area contributed by atoms with Gasteiger partial charge in [-0.2, -0.15) is 0 Å². The number of anilines is 1. The van der Waals surface area contributed by atoms with Crippen molar-refractivity contribution in [1.29, 1.82) is 0 Å². The summed E-state index contributed by atoms with van der Waals surface area (Å²) in [5.41, 5.74) is 1.59. The van der Waals surface area contributed by atoms with Gasteiger partial charge in [-0.05, 0) is 25.1 Å². The van der Waals surface area contributed by atoms with Crippen LogP contribution in [0.2, 0.25) is 0 Å². The summed E-state index contributed by atoms with van der Waals surface area (Å²) in [4.78, 5) is 29.6. The number of aryl methyl sites for hydroxylation is 1. The lowest BCUT2D eigenvalue weighted by Gasteiger charge is -2.34. The zero-order chi connectivity index (χ0) is 17.4. The largest absolute Gasteiger partial charge is 0.337 e. The molecular weight excluding hydrogens is 323 g/mol. The van der Waals surface area contributed by atoms with Crippen LogP contribution in [0.4, 0.5) is 10.3 Å². The molecule has 1 aliphatic heterocycles. The Morgan fingerprint density at radius 1 is 1.12 bits per heavy atom. The summed E-state index contributed by atoms with van der Waals surface area (Å²) < 4.78 is 15.1. The Morgan fingerprint density at radius 2 is 1.84 bits per heavy atom. The van der Waals surface area contributed by atoms with E-state index in [9.17, 15) is 9.18 Å². The number of amides is 1. The highest BCUT2D eigenvalue weighted by Crippen LogP contribution is 2.17.